The molecule has 0 spiro atoms. The molecule has 4 nitrogen and oxygen atoms in total. The Balaban J connectivity index is 1.87. The Hall–Kier alpha value is -2.33. The summed E-state index contributed by atoms with van der Waals surface area (Å²) in [7, 11) is 0. The summed E-state index contributed by atoms with van der Waals surface area (Å²) >= 11 is 5.77. The molecule has 2 heterocycles. The average Bonchev–Trinajstić information content (AvgIpc) is 2.85. The third-order valence-corrected chi connectivity index (χ3v) is 2.98. The number of aromatic amines is 1. The van der Waals surface area contributed by atoms with Crippen LogP contribution >= 0.6 is 11.6 Å². The van der Waals surface area contributed by atoms with Gasteiger partial charge in [0.15, 0.2) is 0 Å². The molecule has 0 fully saturated rings. The molecule has 19 heavy (non-hydrogen) atoms. The maximum atomic E-state index is 12.1. The van der Waals surface area contributed by atoms with Gasteiger partial charge in [-0.1, -0.05) is 17.7 Å². The van der Waals surface area contributed by atoms with Crippen molar-refractivity contribution in [1.29, 1.82) is 0 Å². The van der Waals surface area contributed by atoms with E-state index in [-0.39, 0.29) is 5.91 Å². The largest absolute Gasteiger partial charge is 0.361 e. The van der Waals surface area contributed by atoms with Crippen molar-refractivity contribution in [3.63, 3.8) is 0 Å². The molecule has 1 aromatic carbocycles. The number of H-pyrrole nitrogens is 1. The van der Waals surface area contributed by atoms with E-state index < -0.39 is 0 Å². The Morgan fingerprint density at radius 1 is 1.21 bits per heavy atom. The number of fused-ring (bicyclic) bond motifs is 1. The summed E-state index contributed by atoms with van der Waals surface area (Å²) < 4.78 is 0. The standard InChI is InChI=1S/C14H10ClN3O/c15-12-2-1-3-13(17-12)18-14(19)10-4-5-11-9(8-10)6-7-16-11/h1-8,16H,(H,17,18,19). The second-order valence-electron chi connectivity index (χ2n) is 4.08. The fraction of sp³-hybridized carbons (Fsp3) is 0. The van der Waals surface area contributed by atoms with Gasteiger partial charge in [0, 0.05) is 22.7 Å². The minimum absolute atomic E-state index is 0.210. The Morgan fingerprint density at radius 2 is 2.11 bits per heavy atom. The lowest BCUT2D eigenvalue weighted by Crippen LogP contribution is -2.12. The molecule has 3 aromatic rings. The van der Waals surface area contributed by atoms with Crippen LogP contribution < -0.4 is 5.32 Å². The lowest BCUT2D eigenvalue weighted by atomic mass is 10.1. The van der Waals surface area contributed by atoms with Crippen LogP contribution in [0.3, 0.4) is 0 Å². The van der Waals surface area contributed by atoms with Crippen molar-refractivity contribution in [2.45, 2.75) is 0 Å². The number of amides is 1. The highest BCUT2D eigenvalue weighted by molar-refractivity contribution is 6.29. The summed E-state index contributed by atoms with van der Waals surface area (Å²) in [4.78, 5) is 19.2. The van der Waals surface area contributed by atoms with Gasteiger partial charge in [-0.2, -0.15) is 0 Å². The molecule has 0 saturated heterocycles. The number of hydrogen-bond acceptors (Lipinski definition) is 2. The second-order valence-corrected chi connectivity index (χ2v) is 4.47. The maximum absolute atomic E-state index is 12.1. The number of carbonyl (C=O) groups excluding carboxylic acids is 1. The molecule has 2 N–H and O–H groups in total. The van der Waals surface area contributed by atoms with Gasteiger partial charge in [-0.05, 0) is 36.4 Å². The molecule has 0 aliphatic heterocycles. The molecule has 0 aliphatic rings. The van der Waals surface area contributed by atoms with Crippen molar-refractivity contribution >= 4 is 34.2 Å². The Kier molecular flexibility index (Phi) is 2.93. The summed E-state index contributed by atoms with van der Waals surface area (Å²) in [6.45, 7) is 0. The van der Waals surface area contributed by atoms with Gasteiger partial charge in [0.05, 0.1) is 0 Å². The summed E-state index contributed by atoms with van der Waals surface area (Å²) in [6, 6.07) is 12.5. The van der Waals surface area contributed by atoms with Crippen molar-refractivity contribution in [1.82, 2.24) is 9.97 Å². The smallest absolute Gasteiger partial charge is 0.256 e. The zero-order valence-corrected chi connectivity index (χ0v) is 10.6. The minimum atomic E-state index is -0.210. The molecule has 0 aliphatic carbocycles. The van der Waals surface area contributed by atoms with Gasteiger partial charge in [0.25, 0.3) is 5.91 Å². The van der Waals surface area contributed by atoms with E-state index in [9.17, 15) is 4.79 Å². The van der Waals surface area contributed by atoms with E-state index in [2.05, 4.69) is 15.3 Å². The fourth-order valence-electron chi connectivity index (χ4n) is 1.86. The van der Waals surface area contributed by atoms with Crippen molar-refractivity contribution < 1.29 is 4.79 Å². The van der Waals surface area contributed by atoms with Crippen LogP contribution in [0.4, 0.5) is 5.82 Å². The van der Waals surface area contributed by atoms with E-state index in [4.69, 9.17) is 11.6 Å². The first-order valence-electron chi connectivity index (χ1n) is 5.73. The number of rotatable bonds is 2. The third-order valence-electron chi connectivity index (χ3n) is 2.77. The van der Waals surface area contributed by atoms with Crippen LogP contribution in [0.1, 0.15) is 10.4 Å². The summed E-state index contributed by atoms with van der Waals surface area (Å²) in [6.07, 6.45) is 1.84. The van der Waals surface area contributed by atoms with Gasteiger partial charge in [0.1, 0.15) is 11.0 Å². The molecule has 0 bridgehead atoms. The van der Waals surface area contributed by atoms with Gasteiger partial charge in [-0.3, -0.25) is 4.79 Å². The molecular weight excluding hydrogens is 262 g/mol. The summed E-state index contributed by atoms with van der Waals surface area (Å²) in [5.74, 6) is 0.226. The van der Waals surface area contributed by atoms with Crippen LogP contribution in [0.5, 0.6) is 0 Å². The van der Waals surface area contributed by atoms with Gasteiger partial charge < -0.3 is 10.3 Å². The fourth-order valence-corrected chi connectivity index (χ4v) is 2.02. The summed E-state index contributed by atoms with van der Waals surface area (Å²) in [5, 5.41) is 4.05. The van der Waals surface area contributed by atoms with Crippen LogP contribution in [-0.2, 0) is 0 Å². The number of halogens is 1. The number of aromatic nitrogens is 2. The van der Waals surface area contributed by atoms with E-state index in [0.717, 1.165) is 10.9 Å². The molecule has 0 radical (unpaired) electrons. The number of hydrogen-bond donors (Lipinski definition) is 2. The normalized spacial score (nSPS) is 10.6. The lowest BCUT2D eigenvalue weighted by Gasteiger charge is -2.04. The second kappa shape index (κ2) is 4.74. The van der Waals surface area contributed by atoms with Crippen LogP contribution in [-0.4, -0.2) is 15.9 Å². The van der Waals surface area contributed by atoms with Crippen molar-refractivity contribution in [2.75, 3.05) is 5.32 Å². The first-order chi connectivity index (χ1) is 9.22. The van der Waals surface area contributed by atoms with Crippen LogP contribution in [0.2, 0.25) is 5.15 Å². The van der Waals surface area contributed by atoms with Crippen LogP contribution in [0, 0.1) is 0 Å². The van der Waals surface area contributed by atoms with E-state index in [1.807, 2.05) is 24.4 Å². The first kappa shape index (κ1) is 11.7. The highest BCUT2D eigenvalue weighted by Crippen LogP contribution is 2.16. The Morgan fingerprint density at radius 3 is 2.95 bits per heavy atom. The van der Waals surface area contributed by atoms with Crippen molar-refractivity contribution in [3.8, 4) is 0 Å². The first-order valence-corrected chi connectivity index (χ1v) is 6.11. The van der Waals surface area contributed by atoms with E-state index in [1.54, 1.807) is 24.3 Å². The topological polar surface area (TPSA) is 57.8 Å². The zero-order chi connectivity index (χ0) is 13.2. The van der Waals surface area contributed by atoms with E-state index >= 15 is 0 Å². The number of nitrogens with zero attached hydrogens (tertiary/aromatic N) is 1. The van der Waals surface area contributed by atoms with Crippen LogP contribution in [0.25, 0.3) is 10.9 Å². The molecule has 0 saturated carbocycles. The molecule has 94 valence electrons. The number of anilines is 1. The summed E-state index contributed by atoms with van der Waals surface area (Å²) in [5.41, 5.74) is 1.58. The lowest BCUT2D eigenvalue weighted by molar-refractivity contribution is 0.102. The van der Waals surface area contributed by atoms with E-state index in [0.29, 0.717) is 16.5 Å². The number of benzene rings is 1. The SMILES string of the molecule is O=C(Nc1cccc(Cl)n1)c1ccc2[nH]ccc2c1. The highest BCUT2D eigenvalue weighted by Gasteiger charge is 2.08. The molecule has 0 unspecified atom stereocenters. The molecule has 1 amide bonds. The molecule has 5 heteroatoms. The molecule has 3 rings (SSSR count). The molecule has 0 atom stereocenters. The van der Waals surface area contributed by atoms with Gasteiger partial charge >= 0.3 is 0 Å². The predicted molar refractivity (Wildman–Crippen MR) is 75.5 cm³/mol. The quantitative estimate of drug-likeness (QED) is 0.701. The Labute approximate surface area is 114 Å². The van der Waals surface area contributed by atoms with Crippen LogP contribution in [0.15, 0.2) is 48.7 Å². The zero-order valence-electron chi connectivity index (χ0n) is 9.85. The molecular formula is C14H10ClN3O. The van der Waals surface area contributed by atoms with Crippen molar-refractivity contribution in [3.05, 3.63) is 59.4 Å². The Bertz CT molecular complexity index is 751. The van der Waals surface area contributed by atoms with Gasteiger partial charge in [0.2, 0.25) is 0 Å². The highest BCUT2D eigenvalue weighted by atomic mass is 35.5. The van der Waals surface area contributed by atoms with Gasteiger partial charge in [-0.15, -0.1) is 0 Å². The third kappa shape index (κ3) is 2.44. The average molecular weight is 272 g/mol. The molecule has 2 aromatic heterocycles. The monoisotopic (exact) mass is 271 g/mol. The number of nitrogens with one attached hydrogen (secondary N) is 2. The van der Waals surface area contributed by atoms with E-state index in [1.165, 1.54) is 0 Å². The number of carbonyl (C=O) groups is 1. The number of pyridine rings is 1. The maximum Gasteiger partial charge on any atom is 0.256 e. The van der Waals surface area contributed by atoms with Crippen molar-refractivity contribution in [2.24, 2.45) is 0 Å². The van der Waals surface area contributed by atoms with Gasteiger partial charge in [-0.25, -0.2) is 4.98 Å². The predicted octanol–water partition coefficient (Wildman–Crippen LogP) is 3.47. The minimum Gasteiger partial charge on any atom is -0.361 e.